The molecule has 1 atom stereocenters. The van der Waals surface area contributed by atoms with Gasteiger partial charge in [0, 0.05) is 32.2 Å². The van der Waals surface area contributed by atoms with E-state index in [0.717, 1.165) is 36.9 Å². The molecule has 1 saturated carbocycles. The average molecular weight is 293 g/mol. The van der Waals surface area contributed by atoms with Crippen LogP contribution >= 0.6 is 0 Å². The summed E-state index contributed by atoms with van der Waals surface area (Å²) >= 11 is 0. The number of ether oxygens (including phenoxy) is 1. The van der Waals surface area contributed by atoms with Crippen LogP contribution in [0.1, 0.15) is 38.9 Å². The van der Waals surface area contributed by atoms with E-state index in [4.69, 9.17) is 15.6 Å². The summed E-state index contributed by atoms with van der Waals surface area (Å²) in [4.78, 5) is 11.5. The Kier molecular flexibility index (Phi) is 5.76. The van der Waals surface area contributed by atoms with Crippen molar-refractivity contribution in [3.8, 4) is 0 Å². The van der Waals surface area contributed by atoms with Gasteiger partial charge in [-0.25, -0.2) is 15.8 Å². The van der Waals surface area contributed by atoms with Gasteiger partial charge in [-0.2, -0.15) is 0 Å². The molecule has 1 aromatic heterocycles. The molecule has 6 heteroatoms. The molecule has 1 unspecified atom stereocenters. The molecule has 6 nitrogen and oxygen atoms in total. The summed E-state index contributed by atoms with van der Waals surface area (Å²) in [6.07, 6.45) is 4.49. The second-order valence-electron chi connectivity index (χ2n) is 5.69. The Morgan fingerprint density at radius 2 is 2.24 bits per heavy atom. The van der Waals surface area contributed by atoms with Gasteiger partial charge in [0.1, 0.15) is 17.5 Å². The van der Waals surface area contributed by atoms with E-state index >= 15 is 0 Å². The molecule has 118 valence electrons. The fourth-order valence-corrected chi connectivity index (χ4v) is 2.59. The van der Waals surface area contributed by atoms with Gasteiger partial charge < -0.3 is 15.1 Å². The van der Waals surface area contributed by atoms with E-state index in [9.17, 15) is 0 Å². The lowest BCUT2D eigenvalue weighted by atomic mass is 10.2. The number of hydrogen-bond donors (Lipinski definition) is 2. The third-order valence-electron chi connectivity index (χ3n) is 4.01. The summed E-state index contributed by atoms with van der Waals surface area (Å²) in [6, 6.07) is 2.39. The Hall–Kier alpha value is -1.40. The lowest BCUT2D eigenvalue weighted by molar-refractivity contribution is 0.202. The van der Waals surface area contributed by atoms with E-state index in [0.29, 0.717) is 18.5 Å². The highest BCUT2D eigenvalue weighted by Crippen LogP contribution is 2.36. The first-order valence-electron chi connectivity index (χ1n) is 7.79. The largest absolute Gasteiger partial charge is 0.383 e. The summed E-state index contributed by atoms with van der Waals surface area (Å²) in [7, 11) is 1.73. The third-order valence-corrected chi connectivity index (χ3v) is 4.01. The molecule has 0 bridgehead atoms. The third kappa shape index (κ3) is 4.28. The van der Waals surface area contributed by atoms with E-state index in [1.165, 1.54) is 12.8 Å². The second kappa shape index (κ2) is 7.56. The van der Waals surface area contributed by atoms with Gasteiger partial charge in [0.05, 0.1) is 6.61 Å². The fourth-order valence-electron chi connectivity index (χ4n) is 2.59. The van der Waals surface area contributed by atoms with Gasteiger partial charge in [-0.15, -0.1) is 0 Å². The summed E-state index contributed by atoms with van der Waals surface area (Å²) in [5.74, 6) is 8.77. The average Bonchev–Trinajstić information content (AvgIpc) is 3.32. The Labute approximate surface area is 127 Å². The number of rotatable bonds is 9. The van der Waals surface area contributed by atoms with E-state index in [1.807, 2.05) is 6.07 Å². The highest BCUT2D eigenvalue weighted by Gasteiger charge is 2.32. The van der Waals surface area contributed by atoms with Crippen LogP contribution in [0.2, 0.25) is 0 Å². The molecule has 3 N–H and O–H groups in total. The van der Waals surface area contributed by atoms with Crippen molar-refractivity contribution in [2.24, 2.45) is 11.8 Å². The van der Waals surface area contributed by atoms with Crippen molar-refractivity contribution < 1.29 is 4.74 Å². The number of nitrogens with one attached hydrogen (secondary N) is 1. The Balaban J connectivity index is 2.25. The zero-order valence-corrected chi connectivity index (χ0v) is 13.3. The number of anilines is 2. The first-order valence-corrected chi connectivity index (χ1v) is 7.79. The summed E-state index contributed by atoms with van der Waals surface area (Å²) in [5, 5.41) is 0. The minimum atomic E-state index is 0.468. The Morgan fingerprint density at radius 1 is 1.48 bits per heavy atom. The zero-order chi connectivity index (χ0) is 15.2. The summed E-state index contributed by atoms with van der Waals surface area (Å²) in [6.45, 7) is 5.92. The lowest BCUT2D eigenvalue weighted by Crippen LogP contribution is -2.38. The molecule has 2 rings (SSSR count). The van der Waals surface area contributed by atoms with Crippen LogP contribution in [-0.4, -0.2) is 36.3 Å². The summed E-state index contributed by atoms with van der Waals surface area (Å²) in [5.41, 5.74) is 2.65. The summed E-state index contributed by atoms with van der Waals surface area (Å²) < 4.78 is 5.25. The van der Waals surface area contributed by atoms with E-state index in [-0.39, 0.29) is 0 Å². The smallest absolute Gasteiger partial charge is 0.145 e. The lowest BCUT2D eigenvalue weighted by Gasteiger charge is -2.30. The van der Waals surface area contributed by atoms with Crippen LogP contribution in [0.15, 0.2) is 6.07 Å². The van der Waals surface area contributed by atoms with Crippen molar-refractivity contribution in [1.29, 1.82) is 0 Å². The van der Waals surface area contributed by atoms with Crippen molar-refractivity contribution in [3.05, 3.63) is 11.9 Å². The molecule has 1 fully saturated rings. The number of hydrogen-bond acceptors (Lipinski definition) is 6. The van der Waals surface area contributed by atoms with Gasteiger partial charge in [0.2, 0.25) is 0 Å². The van der Waals surface area contributed by atoms with Crippen molar-refractivity contribution >= 4 is 11.6 Å². The molecule has 0 aliphatic heterocycles. The van der Waals surface area contributed by atoms with Crippen LogP contribution in [0.25, 0.3) is 0 Å². The highest BCUT2D eigenvalue weighted by molar-refractivity contribution is 5.50. The molecule has 0 aromatic carbocycles. The first kappa shape index (κ1) is 16.0. The van der Waals surface area contributed by atoms with Crippen LogP contribution in [0.3, 0.4) is 0 Å². The minimum absolute atomic E-state index is 0.468. The van der Waals surface area contributed by atoms with E-state index < -0.39 is 0 Å². The predicted octanol–water partition coefficient (Wildman–Crippen LogP) is 1.97. The van der Waals surface area contributed by atoms with Crippen LogP contribution < -0.4 is 16.2 Å². The number of hydrazine groups is 1. The maximum atomic E-state index is 5.55. The van der Waals surface area contributed by atoms with E-state index in [1.54, 1.807) is 7.11 Å². The number of aryl methyl sites for hydroxylation is 1. The van der Waals surface area contributed by atoms with Crippen LogP contribution in [0.4, 0.5) is 11.6 Å². The van der Waals surface area contributed by atoms with Gasteiger partial charge in [-0.1, -0.05) is 6.92 Å². The number of nitrogens with two attached hydrogens (primary N) is 1. The first-order chi connectivity index (χ1) is 10.2. The molecule has 1 aliphatic rings. The van der Waals surface area contributed by atoms with Crippen LogP contribution in [-0.2, 0) is 11.2 Å². The maximum absolute atomic E-state index is 5.55. The van der Waals surface area contributed by atoms with Crippen LogP contribution in [0, 0.1) is 5.92 Å². The molecule has 0 spiro atoms. The normalized spacial score (nSPS) is 15.8. The molecular weight excluding hydrogens is 266 g/mol. The van der Waals surface area contributed by atoms with Crippen molar-refractivity contribution in [1.82, 2.24) is 9.97 Å². The quantitative estimate of drug-likeness (QED) is 0.535. The SMILES string of the molecule is CCCc1nc(NN)cc(N(CCOC)C(C)C2CC2)n1. The predicted molar refractivity (Wildman–Crippen MR) is 85.2 cm³/mol. The number of methoxy groups -OCH3 is 1. The fraction of sp³-hybridized carbons (Fsp3) is 0.733. The molecular formula is C15H27N5O. The van der Waals surface area contributed by atoms with Gasteiger partial charge in [-0.3, -0.25) is 0 Å². The second-order valence-corrected chi connectivity index (χ2v) is 5.69. The molecule has 21 heavy (non-hydrogen) atoms. The maximum Gasteiger partial charge on any atom is 0.145 e. The zero-order valence-electron chi connectivity index (χ0n) is 13.3. The molecule has 0 radical (unpaired) electrons. The molecule has 1 heterocycles. The molecule has 0 saturated heterocycles. The number of nitrogen functional groups attached to an aromatic ring is 1. The Morgan fingerprint density at radius 3 is 2.81 bits per heavy atom. The highest BCUT2D eigenvalue weighted by atomic mass is 16.5. The van der Waals surface area contributed by atoms with E-state index in [2.05, 4.69) is 29.2 Å². The monoisotopic (exact) mass is 293 g/mol. The van der Waals surface area contributed by atoms with Gasteiger partial charge in [0.15, 0.2) is 0 Å². The topological polar surface area (TPSA) is 76.3 Å². The number of aromatic nitrogens is 2. The molecule has 1 aromatic rings. The van der Waals surface area contributed by atoms with Crippen LogP contribution in [0.5, 0.6) is 0 Å². The number of nitrogens with zero attached hydrogens (tertiary/aromatic N) is 3. The van der Waals surface area contributed by atoms with Gasteiger partial charge >= 0.3 is 0 Å². The minimum Gasteiger partial charge on any atom is -0.383 e. The van der Waals surface area contributed by atoms with Crippen molar-refractivity contribution in [3.63, 3.8) is 0 Å². The standard InChI is InChI=1S/C15H27N5O/c1-4-5-13-17-14(19-16)10-15(18-13)20(8-9-21-3)11(2)12-6-7-12/h10-12H,4-9,16H2,1-3H3,(H,17,18,19). The van der Waals surface area contributed by atoms with Gasteiger partial charge in [-0.05, 0) is 32.1 Å². The van der Waals surface area contributed by atoms with Crippen molar-refractivity contribution in [2.75, 3.05) is 30.6 Å². The van der Waals surface area contributed by atoms with Gasteiger partial charge in [0.25, 0.3) is 0 Å². The molecule has 1 aliphatic carbocycles. The Bertz CT molecular complexity index is 450. The van der Waals surface area contributed by atoms with Crippen molar-refractivity contribution in [2.45, 2.75) is 45.6 Å². The molecule has 0 amide bonds.